The highest BCUT2D eigenvalue weighted by atomic mass is 32.2. The summed E-state index contributed by atoms with van der Waals surface area (Å²) < 4.78 is 46.6. The summed E-state index contributed by atoms with van der Waals surface area (Å²) >= 11 is 0. The number of carbonyl (C=O) groups excluding carboxylic acids is 1. The van der Waals surface area contributed by atoms with Crippen LogP contribution in [0.4, 0.5) is 10.5 Å². The Morgan fingerprint density at radius 3 is 2.54 bits per heavy atom. The topological polar surface area (TPSA) is 101 Å². The zero-order chi connectivity index (χ0) is 18.1. The van der Waals surface area contributed by atoms with Gasteiger partial charge in [0.05, 0.1) is 16.4 Å². The molecule has 1 aromatic rings. The Bertz CT molecular complexity index is 847. The van der Waals surface area contributed by atoms with Crippen LogP contribution in [0.25, 0.3) is 0 Å². The van der Waals surface area contributed by atoms with Crippen LogP contribution >= 0.6 is 0 Å². The summed E-state index contributed by atoms with van der Waals surface area (Å²) in [7, 11) is -6.47. The molecule has 0 unspecified atom stereocenters. The molecule has 1 fully saturated rings. The van der Waals surface area contributed by atoms with Crippen molar-refractivity contribution >= 4 is 31.4 Å². The van der Waals surface area contributed by atoms with E-state index in [4.69, 9.17) is 0 Å². The van der Waals surface area contributed by atoms with Crippen molar-refractivity contribution in [2.24, 2.45) is 0 Å². The molecule has 1 atom stereocenters. The predicted molar refractivity (Wildman–Crippen MR) is 92.7 cm³/mol. The highest BCUT2D eigenvalue weighted by molar-refractivity contribution is 7.91. The van der Waals surface area contributed by atoms with E-state index in [1.807, 2.05) is 0 Å². The fraction of sp³-hybridized carbons (Fsp3) is 0.533. The van der Waals surface area contributed by atoms with Crippen LogP contribution in [0.3, 0.4) is 0 Å². The number of urea groups is 1. The Morgan fingerprint density at radius 1 is 1.38 bits per heavy atom. The number of rotatable bonds is 4. The first-order valence-electron chi connectivity index (χ1n) is 7.62. The third-order valence-corrected chi connectivity index (χ3v) is 6.99. The SMILES string of the molecule is CCN(C(=O)Nc1cc(S(C)(=O)=O)ccc1C)[C@@H]1CCS(=O)(=O)C1. The fourth-order valence-electron chi connectivity index (χ4n) is 2.74. The molecular weight excluding hydrogens is 352 g/mol. The number of nitrogens with zero attached hydrogens (tertiary/aromatic N) is 1. The smallest absolute Gasteiger partial charge is 0.321 e. The highest BCUT2D eigenvalue weighted by Gasteiger charge is 2.34. The molecule has 1 heterocycles. The summed E-state index contributed by atoms with van der Waals surface area (Å²) in [5.41, 5.74) is 1.13. The molecule has 1 aromatic carbocycles. The number of aryl methyl sites for hydroxylation is 1. The van der Waals surface area contributed by atoms with Gasteiger partial charge >= 0.3 is 6.03 Å². The molecule has 0 aromatic heterocycles. The molecule has 0 saturated carbocycles. The number of nitrogens with one attached hydrogen (secondary N) is 1. The van der Waals surface area contributed by atoms with E-state index in [0.29, 0.717) is 18.7 Å². The van der Waals surface area contributed by atoms with Gasteiger partial charge in [-0.05, 0) is 38.0 Å². The molecule has 1 N–H and O–H groups in total. The number of hydrogen-bond donors (Lipinski definition) is 1. The van der Waals surface area contributed by atoms with Gasteiger partial charge in [-0.15, -0.1) is 0 Å². The molecule has 0 aliphatic carbocycles. The van der Waals surface area contributed by atoms with Crippen molar-refractivity contribution in [1.29, 1.82) is 0 Å². The first-order chi connectivity index (χ1) is 11.0. The Kier molecular flexibility index (Phi) is 5.24. The van der Waals surface area contributed by atoms with Crippen LogP contribution in [-0.2, 0) is 19.7 Å². The highest BCUT2D eigenvalue weighted by Crippen LogP contribution is 2.23. The lowest BCUT2D eigenvalue weighted by Gasteiger charge is -2.27. The molecule has 7 nitrogen and oxygen atoms in total. The van der Waals surface area contributed by atoms with Gasteiger partial charge in [0.2, 0.25) is 0 Å². The number of amides is 2. The molecule has 2 rings (SSSR count). The number of benzene rings is 1. The molecule has 0 radical (unpaired) electrons. The van der Waals surface area contributed by atoms with Gasteiger partial charge in [-0.3, -0.25) is 0 Å². The lowest BCUT2D eigenvalue weighted by molar-refractivity contribution is 0.197. The van der Waals surface area contributed by atoms with E-state index in [1.54, 1.807) is 19.9 Å². The second-order valence-electron chi connectivity index (χ2n) is 6.02. The summed E-state index contributed by atoms with van der Waals surface area (Å²) in [4.78, 5) is 14.1. The molecule has 1 saturated heterocycles. The molecule has 0 spiro atoms. The largest absolute Gasteiger partial charge is 0.322 e. The van der Waals surface area contributed by atoms with Gasteiger partial charge in [-0.1, -0.05) is 6.07 Å². The number of carbonyl (C=O) groups is 1. The van der Waals surface area contributed by atoms with E-state index < -0.39 is 25.7 Å². The average Bonchev–Trinajstić information content (AvgIpc) is 2.81. The van der Waals surface area contributed by atoms with Crippen molar-refractivity contribution in [3.8, 4) is 0 Å². The van der Waals surface area contributed by atoms with Gasteiger partial charge in [0, 0.05) is 24.5 Å². The van der Waals surface area contributed by atoms with E-state index in [2.05, 4.69) is 5.32 Å². The lowest BCUT2D eigenvalue weighted by Crippen LogP contribution is -2.43. The van der Waals surface area contributed by atoms with E-state index in [0.717, 1.165) is 11.8 Å². The fourth-order valence-corrected chi connectivity index (χ4v) is 5.12. The Labute approximate surface area is 142 Å². The molecule has 1 aliphatic heterocycles. The summed E-state index contributed by atoms with van der Waals surface area (Å²) in [6, 6.07) is 3.76. The normalized spacial score (nSPS) is 19.9. The minimum Gasteiger partial charge on any atom is -0.321 e. The van der Waals surface area contributed by atoms with Gasteiger partial charge in [0.15, 0.2) is 19.7 Å². The van der Waals surface area contributed by atoms with Gasteiger partial charge in [-0.2, -0.15) is 0 Å². The zero-order valence-electron chi connectivity index (χ0n) is 13.9. The first-order valence-corrected chi connectivity index (χ1v) is 11.3. The van der Waals surface area contributed by atoms with Crippen molar-refractivity contribution < 1.29 is 21.6 Å². The van der Waals surface area contributed by atoms with Crippen LogP contribution in [0.5, 0.6) is 0 Å². The summed E-state index contributed by atoms with van der Waals surface area (Å²) in [6.45, 7) is 3.92. The van der Waals surface area contributed by atoms with E-state index in [9.17, 15) is 21.6 Å². The monoisotopic (exact) mass is 374 g/mol. The van der Waals surface area contributed by atoms with Crippen molar-refractivity contribution in [1.82, 2.24) is 4.90 Å². The maximum atomic E-state index is 12.5. The summed E-state index contributed by atoms with van der Waals surface area (Å²) in [6.07, 6.45) is 1.52. The minimum absolute atomic E-state index is 0.0311. The third-order valence-electron chi connectivity index (χ3n) is 4.13. The Hall–Kier alpha value is -1.61. The van der Waals surface area contributed by atoms with Gasteiger partial charge in [-0.25, -0.2) is 21.6 Å². The third kappa shape index (κ3) is 4.27. The standard InChI is InChI=1S/C15H22N2O5S2/c1-4-17(12-7-8-24(21,22)10-12)15(18)16-14-9-13(23(3,19)20)6-5-11(14)2/h5-6,9,12H,4,7-8,10H2,1-3H3,(H,16,18)/t12-/m1/s1. The molecule has 2 amide bonds. The Morgan fingerprint density at radius 2 is 2.04 bits per heavy atom. The minimum atomic E-state index is -3.38. The molecular formula is C15H22N2O5S2. The van der Waals surface area contributed by atoms with Crippen molar-refractivity contribution in [3.05, 3.63) is 23.8 Å². The van der Waals surface area contributed by atoms with Crippen LogP contribution in [0.2, 0.25) is 0 Å². The first kappa shape index (κ1) is 18.7. The van der Waals surface area contributed by atoms with E-state index >= 15 is 0 Å². The van der Waals surface area contributed by atoms with Crippen LogP contribution in [0.15, 0.2) is 23.1 Å². The lowest BCUT2D eigenvalue weighted by atomic mass is 10.2. The predicted octanol–water partition coefficient (Wildman–Crippen LogP) is 1.44. The number of anilines is 1. The van der Waals surface area contributed by atoms with Crippen molar-refractivity contribution in [3.63, 3.8) is 0 Å². The maximum Gasteiger partial charge on any atom is 0.322 e. The molecule has 1 aliphatic rings. The van der Waals surface area contributed by atoms with Crippen LogP contribution < -0.4 is 5.32 Å². The van der Waals surface area contributed by atoms with Gasteiger partial charge in [0.25, 0.3) is 0 Å². The average molecular weight is 374 g/mol. The maximum absolute atomic E-state index is 12.5. The van der Waals surface area contributed by atoms with Crippen LogP contribution in [0.1, 0.15) is 18.9 Å². The zero-order valence-corrected chi connectivity index (χ0v) is 15.6. The Balaban J connectivity index is 2.22. The number of hydrogen-bond acceptors (Lipinski definition) is 5. The number of sulfone groups is 2. The van der Waals surface area contributed by atoms with E-state index in [-0.39, 0.29) is 22.4 Å². The van der Waals surface area contributed by atoms with Crippen LogP contribution in [0, 0.1) is 6.92 Å². The second-order valence-corrected chi connectivity index (χ2v) is 10.3. The van der Waals surface area contributed by atoms with Crippen molar-refractivity contribution in [2.45, 2.75) is 31.2 Å². The summed E-state index contributed by atoms with van der Waals surface area (Å²) in [5.74, 6) is 0.0562. The quantitative estimate of drug-likeness (QED) is 0.859. The van der Waals surface area contributed by atoms with Gasteiger partial charge < -0.3 is 10.2 Å². The molecule has 134 valence electrons. The van der Waals surface area contributed by atoms with Gasteiger partial charge in [0.1, 0.15) is 0 Å². The molecule has 9 heteroatoms. The summed E-state index contributed by atoms with van der Waals surface area (Å²) in [5, 5.41) is 2.71. The van der Waals surface area contributed by atoms with E-state index in [1.165, 1.54) is 17.0 Å². The second kappa shape index (κ2) is 6.72. The van der Waals surface area contributed by atoms with Crippen molar-refractivity contribution in [2.75, 3.05) is 29.6 Å². The molecule has 0 bridgehead atoms. The van der Waals surface area contributed by atoms with Crippen LogP contribution in [-0.4, -0.2) is 58.1 Å². The molecule has 24 heavy (non-hydrogen) atoms.